The van der Waals surface area contributed by atoms with Gasteiger partial charge in [0.15, 0.2) is 0 Å². The molecule has 2 heteroatoms. The van der Waals surface area contributed by atoms with Gasteiger partial charge in [0.05, 0.1) is 0 Å². The van der Waals surface area contributed by atoms with Crippen LogP contribution in [-0.2, 0) is 28.8 Å². The van der Waals surface area contributed by atoms with Crippen LogP contribution in [-0.4, -0.2) is 5.92 Å². The van der Waals surface area contributed by atoms with Crippen LogP contribution in [0, 0.1) is 0 Å². The molecule has 0 radical (unpaired) electrons. The van der Waals surface area contributed by atoms with Crippen LogP contribution < -0.4 is 0 Å². The SMILES string of the molecule is CC1=Cc2cc(C(C)(C)C)ccc2[CH]1[Zr]([CH3])([CH3])([CH]1C(C)=Cc2cc(C(C)(C)C)ccc21)[SiH](C)C. The number of fused-ring (bicyclic) bond motifs is 2. The maximum atomic E-state index is 2.85. The number of hydrogen-bond donors (Lipinski definition) is 0. The molecule has 0 N–H and O–H groups in total. The quantitative estimate of drug-likeness (QED) is 0.334. The Labute approximate surface area is 211 Å². The Bertz CT molecular complexity index is 1120. The van der Waals surface area contributed by atoms with Crippen molar-refractivity contribution >= 4 is 18.1 Å². The van der Waals surface area contributed by atoms with E-state index in [0.717, 1.165) is 0 Å². The Kier molecular flexibility index (Phi) is 6.15. The van der Waals surface area contributed by atoms with Gasteiger partial charge < -0.3 is 0 Å². The number of allylic oxidation sites excluding steroid dienone is 2. The third-order valence-corrected chi connectivity index (χ3v) is 57.0. The van der Waals surface area contributed by atoms with Gasteiger partial charge in [-0.05, 0) is 0 Å². The summed E-state index contributed by atoms with van der Waals surface area (Å²) < 4.78 is 7.00. The number of rotatable bonds is 3. The van der Waals surface area contributed by atoms with Crippen LogP contribution >= 0.6 is 0 Å². The Balaban J connectivity index is 1.91. The second-order valence-electron chi connectivity index (χ2n) is 14.7. The van der Waals surface area contributed by atoms with Crippen molar-refractivity contribution in [1.29, 1.82) is 0 Å². The van der Waals surface area contributed by atoms with Gasteiger partial charge in [-0.15, -0.1) is 0 Å². The van der Waals surface area contributed by atoms with Crippen LogP contribution in [0.5, 0.6) is 0 Å². The number of hydrogen-bond acceptors (Lipinski definition) is 0. The summed E-state index contributed by atoms with van der Waals surface area (Å²) in [5.74, 6) is -0.980. The first kappa shape index (κ1) is 26.1. The van der Waals surface area contributed by atoms with Crippen LogP contribution in [0.4, 0.5) is 0 Å². The molecule has 0 amide bonds. The Morgan fingerprint density at radius 2 is 1.00 bits per heavy atom. The summed E-state index contributed by atoms with van der Waals surface area (Å²) in [5, 5.41) is 0. The second-order valence-corrected chi connectivity index (χ2v) is 52.6. The summed E-state index contributed by atoms with van der Waals surface area (Å²) in [5.41, 5.74) is 12.8. The van der Waals surface area contributed by atoms with Crippen LogP contribution in [0.15, 0.2) is 47.5 Å². The summed E-state index contributed by atoms with van der Waals surface area (Å²) in [6.45, 7) is 24.2. The molecule has 183 valence electrons. The minimum atomic E-state index is -3.42. The van der Waals surface area contributed by atoms with Crippen molar-refractivity contribution in [1.82, 2.24) is 0 Å². The summed E-state index contributed by atoms with van der Waals surface area (Å²) in [4.78, 5) is 0. The predicted molar refractivity (Wildman–Crippen MR) is 154 cm³/mol. The standard InChI is InChI=1S/2C14H17.C2H7Si.2CH3.Zr/c2*1-10-7-11-5-6-13(14(2,3)4)9-12(11)8-10;1-3-2;;;/h2*5-9H,1-4H3;3H,1-2H3;2*1H3;. The van der Waals surface area contributed by atoms with E-state index in [2.05, 4.69) is 126 Å². The third kappa shape index (κ3) is 3.87. The van der Waals surface area contributed by atoms with Crippen LogP contribution in [0.1, 0.15) is 96.0 Å². The van der Waals surface area contributed by atoms with Gasteiger partial charge in [0, 0.05) is 0 Å². The van der Waals surface area contributed by atoms with Crippen molar-refractivity contribution in [3.05, 3.63) is 80.9 Å². The van der Waals surface area contributed by atoms with E-state index in [4.69, 9.17) is 0 Å². The van der Waals surface area contributed by atoms with Crippen molar-refractivity contribution in [2.75, 3.05) is 0 Å². The molecule has 2 aliphatic rings. The number of benzene rings is 2. The molecule has 0 bridgehead atoms. The molecule has 0 heterocycles. The van der Waals surface area contributed by atoms with Crippen LogP contribution in [0.3, 0.4) is 0 Å². The molecule has 0 saturated carbocycles. The van der Waals surface area contributed by atoms with Gasteiger partial charge in [-0.2, -0.15) is 0 Å². The molecule has 0 aromatic heterocycles. The molecular weight excluding hydrogens is 504 g/mol. The third-order valence-electron chi connectivity index (χ3n) is 9.85. The minimum absolute atomic E-state index is 0.187. The van der Waals surface area contributed by atoms with Crippen molar-refractivity contribution in [3.8, 4) is 0 Å². The monoisotopic (exact) mass is 549 g/mol. The summed E-state index contributed by atoms with van der Waals surface area (Å²) in [7, 11) is 0. The van der Waals surface area contributed by atoms with E-state index in [1.807, 2.05) is 0 Å². The molecule has 0 fully saturated rings. The molecule has 2 atom stereocenters. The molecular formula is C32H47SiZr. The molecule has 4 rings (SSSR count). The molecule has 2 unspecified atom stereocenters. The summed E-state index contributed by atoms with van der Waals surface area (Å²) >= 11 is -3.42. The molecule has 0 aliphatic heterocycles. The molecule has 34 heavy (non-hydrogen) atoms. The van der Waals surface area contributed by atoms with E-state index < -0.39 is 23.9 Å². The maximum absolute atomic E-state index is 3.42. The zero-order chi connectivity index (χ0) is 25.5. The van der Waals surface area contributed by atoms with E-state index in [1.54, 1.807) is 22.3 Å². The van der Waals surface area contributed by atoms with Crippen LogP contribution in [0.25, 0.3) is 12.2 Å². The van der Waals surface area contributed by atoms with E-state index in [0.29, 0.717) is 7.25 Å². The van der Waals surface area contributed by atoms with Crippen molar-refractivity contribution in [3.63, 3.8) is 0 Å². The fraction of sp³-hybridized carbons (Fsp3) is 0.500. The Morgan fingerprint density at radius 1 is 0.647 bits per heavy atom. The summed E-state index contributed by atoms with van der Waals surface area (Å²) in [6, 6.07) is 14.9. The van der Waals surface area contributed by atoms with Crippen molar-refractivity contribution in [2.45, 2.75) is 95.8 Å². The molecule has 2 aliphatic carbocycles. The fourth-order valence-electron chi connectivity index (χ4n) is 7.26. The molecule has 0 saturated heterocycles. The summed E-state index contributed by atoms with van der Waals surface area (Å²) in [6.07, 6.45) is 5.09. The van der Waals surface area contributed by atoms with E-state index in [1.165, 1.54) is 22.3 Å². The molecule has 0 spiro atoms. The fourth-order valence-corrected chi connectivity index (χ4v) is 38.1. The first-order chi connectivity index (χ1) is 15.5. The molecule has 2 aromatic carbocycles. The Hall–Kier alpha value is -0.980. The van der Waals surface area contributed by atoms with E-state index in [-0.39, 0.29) is 10.8 Å². The van der Waals surface area contributed by atoms with Crippen molar-refractivity contribution < 1.29 is 17.9 Å². The van der Waals surface area contributed by atoms with Gasteiger partial charge in [-0.25, -0.2) is 0 Å². The Morgan fingerprint density at radius 3 is 1.29 bits per heavy atom. The first-order valence-electron chi connectivity index (χ1n) is 13.3. The van der Waals surface area contributed by atoms with Gasteiger partial charge >= 0.3 is 213 Å². The molecule has 0 nitrogen and oxygen atoms in total. The van der Waals surface area contributed by atoms with Crippen molar-refractivity contribution in [2.24, 2.45) is 0 Å². The van der Waals surface area contributed by atoms with Gasteiger partial charge in [0.2, 0.25) is 0 Å². The normalized spacial score (nSPS) is 21.6. The van der Waals surface area contributed by atoms with E-state index in [9.17, 15) is 0 Å². The van der Waals surface area contributed by atoms with Gasteiger partial charge in [0.25, 0.3) is 0 Å². The molecule has 2 aromatic rings. The average molecular weight is 551 g/mol. The van der Waals surface area contributed by atoms with Gasteiger partial charge in [-0.3, -0.25) is 0 Å². The van der Waals surface area contributed by atoms with Gasteiger partial charge in [0.1, 0.15) is 0 Å². The van der Waals surface area contributed by atoms with E-state index >= 15 is 0 Å². The zero-order valence-corrected chi connectivity index (χ0v) is 27.5. The first-order valence-corrected chi connectivity index (χ1v) is 28.2. The topological polar surface area (TPSA) is 0 Å². The second kappa shape index (κ2) is 8.01. The van der Waals surface area contributed by atoms with Gasteiger partial charge in [-0.1, -0.05) is 0 Å². The van der Waals surface area contributed by atoms with Crippen LogP contribution in [0.2, 0.25) is 22.4 Å². The zero-order valence-electron chi connectivity index (χ0n) is 23.9. The predicted octanol–water partition coefficient (Wildman–Crippen LogP) is 9.67. The average Bonchev–Trinajstić information content (AvgIpc) is 3.21.